The zero-order valence-corrected chi connectivity index (χ0v) is 11.5. The van der Waals surface area contributed by atoms with Crippen LogP contribution in [0.25, 0.3) is 11.3 Å². The van der Waals surface area contributed by atoms with Crippen molar-refractivity contribution >= 4 is 17.8 Å². The van der Waals surface area contributed by atoms with Crippen LogP contribution in [0.5, 0.6) is 0 Å². The third-order valence-corrected chi connectivity index (χ3v) is 2.84. The SMILES string of the molecule is NC(=O)Nc1[nH]c(-c2ccc(C#CCO)cc2)cc1C(N)=O. The van der Waals surface area contributed by atoms with Crippen molar-refractivity contribution in [2.75, 3.05) is 11.9 Å². The molecular weight excluding hydrogens is 284 g/mol. The number of H-pyrrole nitrogens is 1. The second-order valence-electron chi connectivity index (χ2n) is 4.36. The summed E-state index contributed by atoms with van der Waals surface area (Å²) < 4.78 is 0. The van der Waals surface area contributed by atoms with E-state index in [9.17, 15) is 9.59 Å². The van der Waals surface area contributed by atoms with Crippen LogP contribution in [0.2, 0.25) is 0 Å². The maximum atomic E-state index is 11.4. The van der Waals surface area contributed by atoms with Crippen LogP contribution < -0.4 is 16.8 Å². The van der Waals surface area contributed by atoms with Gasteiger partial charge in [-0.15, -0.1) is 0 Å². The Hall–Kier alpha value is -3.24. The first-order valence-corrected chi connectivity index (χ1v) is 6.30. The maximum Gasteiger partial charge on any atom is 0.317 e. The lowest BCUT2D eigenvalue weighted by molar-refractivity contribution is 0.100. The quantitative estimate of drug-likeness (QED) is 0.531. The van der Waals surface area contributed by atoms with Gasteiger partial charge in [0.1, 0.15) is 12.4 Å². The Labute approximate surface area is 126 Å². The molecule has 0 saturated heterocycles. The van der Waals surface area contributed by atoms with Crippen LogP contribution in [0.4, 0.5) is 10.6 Å². The number of hydrogen-bond acceptors (Lipinski definition) is 3. The number of nitrogens with one attached hydrogen (secondary N) is 2. The van der Waals surface area contributed by atoms with Crippen LogP contribution in [-0.2, 0) is 0 Å². The highest BCUT2D eigenvalue weighted by Crippen LogP contribution is 2.25. The molecule has 7 nitrogen and oxygen atoms in total. The summed E-state index contributed by atoms with van der Waals surface area (Å²) in [7, 11) is 0. The summed E-state index contributed by atoms with van der Waals surface area (Å²) in [4.78, 5) is 25.2. The number of aliphatic hydroxyl groups is 1. The van der Waals surface area contributed by atoms with Gasteiger partial charge in [0.15, 0.2) is 0 Å². The number of carbonyl (C=O) groups is 2. The lowest BCUT2D eigenvalue weighted by Gasteiger charge is -2.00. The number of amides is 3. The van der Waals surface area contributed by atoms with Gasteiger partial charge in [0.05, 0.1) is 5.56 Å². The molecule has 1 aromatic carbocycles. The fraction of sp³-hybridized carbons (Fsp3) is 0.0667. The fourth-order valence-corrected chi connectivity index (χ4v) is 1.90. The molecule has 0 unspecified atom stereocenters. The minimum absolute atomic E-state index is 0.137. The van der Waals surface area contributed by atoms with E-state index in [1.165, 1.54) is 6.07 Å². The first-order valence-electron chi connectivity index (χ1n) is 6.30. The number of aromatic nitrogens is 1. The van der Waals surface area contributed by atoms with Gasteiger partial charge in [-0.1, -0.05) is 24.0 Å². The van der Waals surface area contributed by atoms with Crippen LogP contribution in [0.3, 0.4) is 0 Å². The van der Waals surface area contributed by atoms with Crippen LogP contribution in [-0.4, -0.2) is 28.6 Å². The molecule has 1 aromatic heterocycles. The average Bonchev–Trinajstić information content (AvgIpc) is 2.89. The molecule has 7 N–H and O–H groups in total. The van der Waals surface area contributed by atoms with Crippen LogP contribution >= 0.6 is 0 Å². The topological polar surface area (TPSA) is 134 Å². The fourth-order valence-electron chi connectivity index (χ4n) is 1.90. The van der Waals surface area contributed by atoms with Crippen molar-refractivity contribution in [1.29, 1.82) is 0 Å². The average molecular weight is 298 g/mol. The molecule has 2 rings (SSSR count). The summed E-state index contributed by atoms with van der Waals surface area (Å²) in [6, 6.07) is 7.83. The Morgan fingerprint density at radius 2 is 1.91 bits per heavy atom. The maximum absolute atomic E-state index is 11.4. The molecule has 0 aliphatic rings. The number of rotatable bonds is 3. The largest absolute Gasteiger partial charge is 0.384 e. The highest BCUT2D eigenvalue weighted by Gasteiger charge is 2.15. The van der Waals surface area contributed by atoms with Crippen molar-refractivity contribution in [2.45, 2.75) is 0 Å². The molecular formula is C15H14N4O3. The van der Waals surface area contributed by atoms with Gasteiger partial charge in [-0.25, -0.2) is 4.79 Å². The number of aromatic amines is 1. The monoisotopic (exact) mass is 298 g/mol. The summed E-state index contributed by atoms with van der Waals surface area (Å²) in [6.45, 7) is -0.206. The number of hydrogen-bond donors (Lipinski definition) is 5. The summed E-state index contributed by atoms with van der Waals surface area (Å²) in [6.07, 6.45) is 0. The van der Waals surface area contributed by atoms with Crippen molar-refractivity contribution in [2.24, 2.45) is 11.5 Å². The second-order valence-corrected chi connectivity index (χ2v) is 4.36. The van der Waals surface area contributed by atoms with Crippen molar-refractivity contribution in [1.82, 2.24) is 4.98 Å². The van der Waals surface area contributed by atoms with Gasteiger partial charge in [0.2, 0.25) is 0 Å². The third kappa shape index (κ3) is 3.45. The summed E-state index contributed by atoms with van der Waals surface area (Å²) in [5.41, 5.74) is 12.6. The normalized spacial score (nSPS) is 9.68. The predicted molar refractivity (Wildman–Crippen MR) is 81.9 cm³/mol. The number of nitrogens with two attached hydrogens (primary N) is 2. The lowest BCUT2D eigenvalue weighted by Crippen LogP contribution is -2.22. The van der Waals surface area contributed by atoms with Gasteiger partial charge in [-0.05, 0) is 23.8 Å². The zero-order valence-electron chi connectivity index (χ0n) is 11.5. The van der Waals surface area contributed by atoms with Crippen molar-refractivity contribution in [3.63, 3.8) is 0 Å². The Balaban J connectivity index is 2.36. The van der Waals surface area contributed by atoms with Gasteiger partial charge in [-0.2, -0.15) is 0 Å². The van der Waals surface area contributed by atoms with E-state index in [4.69, 9.17) is 16.6 Å². The molecule has 1 heterocycles. The minimum atomic E-state index is -0.800. The Kier molecular flexibility index (Phi) is 4.46. The Bertz CT molecular complexity index is 766. The molecule has 22 heavy (non-hydrogen) atoms. The first kappa shape index (κ1) is 15.2. The van der Waals surface area contributed by atoms with E-state index in [1.54, 1.807) is 24.3 Å². The van der Waals surface area contributed by atoms with E-state index < -0.39 is 11.9 Å². The standard InChI is InChI=1S/C15H14N4O3/c16-13(21)11-8-12(18-14(11)19-15(17)22)10-5-3-9(4-6-10)2-1-7-20/h3-6,8,18,20H,7H2,(H2,16,21)(H3,17,19,22). The van der Waals surface area contributed by atoms with Gasteiger partial charge in [0.25, 0.3) is 5.91 Å². The van der Waals surface area contributed by atoms with E-state index in [0.29, 0.717) is 5.69 Å². The molecule has 0 aliphatic carbocycles. The molecule has 0 atom stereocenters. The highest BCUT2D eigenvalue weighted by atomic mass is 16.2. The molecule has 0 bridgehead atoms. The highest BCUT2D eigenvalue weighted by molar-refractivity contribution is 6.02. The van der Waals surface area contributed by atoms with E-state index in [-0.39, 0.29) is 18.0 Å². The zero-order chi connectivity index (χ0) is 16.1. The first-order chi connectivity index (χ1) is 10.5. The molecule has 7 heteroatoms. The number of aliphatic hydroxyl groups excluding tert-OH is 1. The molecule has 112 valence electrons. The smallest absolute Gasteiger partial charge is 0.317 e. The van der Waals surface area contributed by atoms with Crippen LogP contribution in [0, 0.1) is 11.8 Å². The number of benzene rings is 1. The molecule has 3 amide bonds. The Morgan fingerprint density at radius 3 is 2.45 bits per heavy atom. The van der Waals surface area contributed by atoms with E-state index in [0.717, 1.165) is 11.1 Å². The van der Waals surface area contributed by atoms with Crippen LogP contribution in [0.15, 0.2) is 30.3 Å². The number of urea groups is 1. The second kappa shape index (κ2) is 6.47. The number of primary amides is 2. The van der Waals surface area contributed by atoms with Crippen molar-refractivity contribution < 1.29 is 14.7 Å². The number of anilines is 1. The van der Waals surface area contributed by atoms with E-state index in [1.807, 2.05) is 0 Å². The minimum Gasteiger partial charge on any atom is -0.384 e. The molecule has 0 spiro atoms. The molecule has 0 fully saturated rings. The molecule has 0 aliphatic heterocycles. The number of carbonyl (C=O) groups excluding carboxylic acids is 2. The van der Waals surface area contributed by atoms with Gasteiger partial charge < -0.3 is 21.6 Å². The third-order valence-electron chi connectivity index (χ3n) is 2.84. The van der Waals surface area contributed by atoms with Gasteiger partial charge >= 0.3 is 6.03 Å². The molecule has 2 aromatic rings. The summed E-state index contributed by atoms with van der Waals surface area (Å²) >= 11 is 0. The van der Waals surface area contributed by atoms with Crippen LogP contribution in [0.1, 0.15) is 15.9 Å². The molecule has 0 saturated carbocycles. The predicted octanol–water partition coefficient (Wildman–Crippen LogP) is 0.615. The summed E-state index contributed by atoms with van der Waals surface area (Å²) in [5, 5.41) is 11.0. The van der Waals surface area contributed by atoms with Gasteiger partial charge in [0, 0.05) is 11.3 Å². The van der Waals surface area contributed by atoms with Gasteiger partial charge in [-0.3, -0.25) is 10.1 Å². The van der Waals surface area contributed by atoms with Crippen molar-refractivity contribution in [3.8, 4) is 23.1 Å². The lowest BCUT2D eigenvalue weighted by atomic mass is 10.1. The van der Waals surface area contributed by atoms with E-state index >= 15 is 0 Å². The molecule has 0 radical (unpaired) electrons. The van der Waals surface area contributed by atoms with E-state index in [2.05, 4.69) is 22.1 Å². The summed E-state index contributed by atoms with van der Waals surface area (Å²) in [5.74, 6) is 4.79. The van der Waals surface area contributed by atoms with Crippen molar-refractivity contribution in [3.05, 3.63) is 41.5 Å². The Morgan fingerprint density at radius 1 is 1.23 bits per heavy atom.